The molecule has 13 heteroatoms. The van der Waals surface area contributed by atoms with Gasteiger partial charge in [0.2, 0.25) is 0 Å². The van der Waals surface area contributed by atoms with E-state index < -0.39 is 38.4 Å². The first kappa shape index (κ1) is 41.2. The van der Waals surface area contributed by atoms with Gasteiger partial charge in [0.05, 0.1) is 27.2 Å². The van der Waals surface area contributed by atoms with E-state index in [0.29, 0.717) is 23.5 Å². The third-order valence-corrected chi connectivity index (χ3v) is 12.7. The second-order valence-electron chi connectivity index (χ2n) is 14.9. The largest absolute Gasteiger partial charge is 0.497 e. The minimum atomic E-state index is -1.16. The molecule has 7 rings (SSSR count). The topological polar surface area (TPSA) is 125 Å². The lowest BCUT2D eigenvalue weighted by molar-refractivity contribution is -0.0920. The van der Waals surface area contributed by atoms with Gasteiger partial charge in [-0.1, -0.05) is 84.9 Å². The molecule has 304 valence electrons. The van der Waals surface area contributed by atoms with E-state index in [4.69, 9.17) is 28.5 Å². The Kier molecular flexibility index (Phi) is 13.0. The van der Waals surface area contributed by atoms with Crippen molar-refractivity contribution < 1.29 is 28.6 Å². The molecular weight excluding hydrogens is 752 g/mol. The fourth-order valence-corrected chi connectivity index (χ4v) is 9.94. The van der Waals surface area contributed by atoms with Crippen molar-refractivity contribution in [2.24, 2.45) is 0 Å². The number of rotatable bonds is 17. The molecule has 5 atom stereocenters. The Morgan fingerprint density at radius 1 is 0.793 bits per heavy atom. The Morgan fingerprint density at radius 2 is 1.36 bits per heavy atom. The van der Waals surface area contributed by atoms with Crippen LogP contribution in [-0.2, 0) is 26.1 Å². The average molecular weight is 805 g/mol. The maximum atomic E-state index is 12.3. The predicted octanol–water partition coefficient (Wildman–Crippen LogP) is 8.17. The predicted molar refractivity (Wildman–Crippen MR) is 227 cm³/mol. The van der Waals surface area contributed by atoms with Gasteiger partial charge in [-0.2, -0.15) is 0 Å². The Labute approximate surface area is 342 Å². The van der Waals surface area contributed by atoms with Crippen LogP contribution < -0.4 is 14.8 Å². The number of aliphatic hydroxyl groups is 1. The van der Waals surface area contributed by atoms with Crippen LogP contribution in [0.3, 0.4) is 0 Å². The normalized spacial score (nSPS) is 18.9. The highest BCUT2D eigenvalue weighted by molar-refractivity contribution is 7.49. The van der Waals surface area contributed by atoms with E-state index in [1.807, 2.05) is 97.1 Å². The summed E-state index contributed by atoms with van der Waals surface area (Å²) in [5, 5.41) is 15.7. The monoisotopic (exact) mass is 804 g/mol. The molecular formula is C45H53N6O6P. The molecule has 1 aliphatic heterocycles. The first-order valence-electron chi connectivity index (χ1n) is 19.6. The molecule has 1 unspecified atom stereocenters. The van der Waals surface area contributed by atoms with Gasteiger partial charge < -0.3 is 33.9 Å². The van der Waals surface area contributed by atoms with Crippen molar-refractivity contribution in [3.05, 3.63) is 144 Å². The van der Waals surface area contributed by atoms with Gasteiger partial charge >= 0.3 is 0 Å². The number of ether oxygens (including phenoxy) is 4. The van der Waals surface area contributed by atoms with Crippen molar-refractivity contribution in [3.63, 3.8) is 0 Å². The van der Waals surface area contributed by atoms with Crippen LogP contribution in [0, 0.1) is 0 Å². The van der Waals surface area contributed by atoms with E-state index in [1.165, 1.54) is 6.33 Å². The SMILES string of the molecule is COc1ccc(C(OC[C@H]2O[C@@H](n3cnc4c(NCc5ccccc5)ncnc43)[C@H](O)[C@@H]2OP(C)N(C(C)C)C(C)C)(c2ccccc2)c2ccc(OC)cc2)cc1. The number of benzene rings is 4. The summed E-state index contributed by atoms with van der Waals surface area (Å²) in [6.45, 7) is 11.3. The summed E-state index contributed by atoms with van der Waals surface area (Å²) in [4.78, 5) is 13.8. The smallest absolute Gasteiger partial charge is 0.167 e. The molecule has 0 saturated carbocycles. The first-order valence-corrected chi connectivity index (χ1v) is 21.3. The highest BCUT2D eigenvalue weighted by Crippen LogP contribution is 2.48. The number of fused-ring (bicyclic) bond motifs is 1. The second-order valence-corrected chi connectivity index (χ2v) is 16.5. The van der Waals surface area contributed by atoms with Crippen LogP contribution in [0.4, 0.5) is 5.82 Å². The number of aliphatic hydroxyl groups excluding tert-OH is 1. The van der Waals surface area contributed by atoms with Gasteiger partial charge in [0.1, 0.15) is 50.0 Å². The molecule has 1 saturated heterocycles. The van der Waals surface area contributed by atoms with Crippen molar-refractivity contribution in [2.45, 2.75) is 76.5 Å². The zero-order valence-corrected chi connectivity index (χ0v) is 35.0. The van der Waals surface area contributed by atoms with E-state index in [1.54, 1.807) is 25.1 Å². The summed E-state index contributed by atoms with van der Waals surface area (Å²) >= 11 is 0. The second kappa shape index (κ2) is 18.3. The highest BCUT2D eigenvalue weighted by Gasteiger charge is 2.49. The molecule has 1 aliphatic rings. The zero-order chi connectivity index (χ0) is 40.8. The number of aromatic nitrogens is 4. The van der Waals surface area contributed by atoms with Crippen molar-refractivity contribution in [2.75, 3.05) is 32.8 Å². The van der Waals surface area contributed by atoms with E-state index in [-0.39, 0.29) is 18.7 Å². The fraction of sp³-hybridized carbons (Fsp3) is 0.356. The van der Waals surface area contributed by atoms with E-state index in [2.05, 4.69) is 66.4 Å². The van der Waals surface area contributed by atoms with Gasteiger partial charge in [-0.25, -0.2) is 15.0 Å². The van der Waals surface area contributed by atoms with E-state index in [9.17, 15) is 5.11 Å². The number of nitrogens with zero attached hydrogens (tertiary/aromatic N) is 5. The maximum Gasteiger partial charge on any atom is 0.167 e. The Hall–Kier alpha value is -4.94. The number of methoxy groups -OCH3 is 2. The Bertz CT molecular complexity index is 2150. The van der Waals surface area contributed by atoms with Crippen LogP contribution in [0.15, 0.2) is 122 Å². The zero-order valence-electron chi connectivity index (χ0n) is 34.1. The van der Waals surface area contributed by atoms with Crippen molar-refractivity contribution in [1.82, 2.24) is 24.2 Å². The molecule has 0 amide bonds. The summed E-state index contributed by atoms with van der Waals surface area (Å²) in [6.07, 6.45) is -0.315. The number of nitrogens with one attached hydrogen (secondary N) is 1. The first-order chi connectivity index (χ1) is 28.1. The number of imidazole rings is 1. The molecule has 0 radical (unpaired) electrons. The molecule has 1 fully saturated rings. The molecule has 0 bridgehead atoms. The summed E-state index contributed by atoms with van der Waals surface area (Å²) in [5.74, 6) is 2.04. The molecule has 58 heavy (non-hydrogen) atoms. The number of hydrogen-bond acceptors (Lipinski definition) is 11. The molecule has 2 aromatic heterocycles. The Morgan fingerprint density at radius 3 is 1.93 bits per heavy atom. The van der Waals surface area contributed by atoms with Gasteiger partial charge in [0.15, 0.2) is 23.2 Å². The summed E-state index contributed by atoms with van der Waals surface area (Å²) < 4.78 is 36.3. The summed E-state index contributed by atoms with van der Waals surface area (Å²) in [5.41, 5.74) is 3.77. The van der Waals surface area contributed by atoms with Crippen LogP contribution in [-0.4, -0.2) is 87.2 Å². The van der Waals surface area contributed by atoms with Crippen LogP contribution in [0.25, 0.3) is 11.2 Å². The van der Waals surface area contributed by atoms with Gasteiger partial charge in [-0.3, -0.25) is 9.24 Å². The van der Waals surface area contributed by atoms with Gasteiger partial charge in [0.25, 0.3) is 0 Å². The summed E-state index contributed by atoms with van der Waals surface area (Å²) in [7, 11) is 2.14. The molecule has 6 aromatic rings. The van der Waals surface area contributed by atoms with Crippen molar-refractivity contribution in [1.29, 1.82) is 0 Å². The number of anilines is 1. The molecule has 0 spiro atoms. The van der Waals surface area contributed by atoms with Gasteiger partial charge in [0, 0.05) is 18.6 Å². The highest BCUT2D eigenvalue weighted by atomic mass is 31.2. The molecule has 4 aromatic carbocycles. The lowest BCUT2D eigenvalue weighted by Gasteiger charge is -2.39. The van der Waals surface area contributed by atoms with Crippen LogP contribution in [0.1, 0.15) is 56.2 Å². The maximum absolute atomic E-state index is 12.3. The molecule has 0 aliphatic carbocycles. The Balaban J connectivity index is 1.27. The standard InChI is InChI=1S/C45H53N6O6P/c1-30(2)51(31(3)4)58(7)57-41-38(56-44(40(41)52)50-29-49-39-42(47-28-48-43(39)50)46-26-32-14-10-8-11-15-32)27-55-45(33-16-12-9-13-17-33,34-18-22-36(53-5)23-19-34)35-20-24-37(54-6)25-21-35/h8-25,28-31,38,40-41,44,52H,26-27H2,1-7H3,(H,46,47,48)/t38-,40-,41-,44-,58?/m1/s1. The quantitative estimate of drug-likeness (QED) is 0.0686. The third kappa shape index (κ3) is 8.45. The van der Waals surface area contributed by atoms with Crippen LogP contribution in [0.5, 0.6) is 11.5 Å². The van der Waals surface area contributed by atoms with Gasteiger partial charge in [-0.05, 0) is 80.9 Å². The van der Waals surface area contributed by atoms with Crippen LogP contribution >= 0.6 is 8.30 Å². The average Bonchev–Trinajstić information content (AvgIpc) is 3.81. The van der Waals surface area contributed by atoms with E-state index >= 15 is 0 Å². The molecule has 2 N–H and O–H groups in total. The van der Waals surface area contributed by atoms with Crippen molar-refractivity contribution in [3.8, 4) is 11.5 Å². The van der Waals surface area contributed by atoms with Crippen LogP contribution in [0.2, 0.25) is 0 Å². The molecule has 12 nitrogen and oxygen atoms in total. The lowest BCUT2D eigenvalue weighted by Crippen LogP contribution is -2.42. The lowest BCUT2D eigenvalue weighted by atomic mass is 9.80. The molecule has 3 heterocycles. The minimum Gasteiger partial charge on any atom is -0.497 e. The summed E-state index contributed by atoms with van der Waals surface area (Å²) in [6, 6.07) is 36.4. The number of hydrogen-bond donors (Lipinski definition) is 2. The minimum absolute atomic E-state index is 0.0587. The van der Waals surface area contributed by atoms with Gasteiger partial charge in [-0.15, -0.1) is 0 Å². The van der Waals surface area contributed by atoms with Crippen molar-refractivity contribution >= 4 is 25.3 Å². The third-order valence-electron chi connectivity index (χ3n) is 10.5. The van der Waals surface area contributed by atoms with E-state index in [0.717, 1.165) is 33.8 Å². The fourth-order valence-electron chi connectivity index (χ4n) is 7.92.